The molecule has 5 heteroatoms. The summed E-state index contributed by atoms with van der Waals surface area (Å²) in [5.74, 6) is 0.341. The molecule has 1 saturated heterocycles. The fraction of sp³-hybridized carbons (Fsp3) is 0.370. The zero-order chi connectivity index (χ0) is 22.6. The third-order valence-electron chi connectivity index (χ3n) is 6.03. The van der Waals surface area contributed by atoms with Crippen LogP contribution < -0.4 is 9.64 Å². The van der Waals surface area contributed by atoms with Crippen LogP contribution >= 0.6 is 0 Å². The summed E-state index contributed by atoms with van der Waals surface area (Å²) in [7, 11) is 6.79. The molecule has 0 unspecified atom stereocenters. The van der Waals surface area contributed by atoms with Crippen LogP contribution in [-0.2, 0) is 9.53 Å². The maximum absolute atomic E-state index is 13.2. The van der Waals surface area contributed by atoms with E-state index in [2.05, 4.69) is 44.2 Å². The molecule has 1 aliphatic rings. The smallest absolute Gasteiger partial charge is 0.324 e. The molecule has 1 fully saturated rings. The van der Waals surface area contributed by atoms with E-state index in [1.165, 1.54) is 0 Å². The van der Waals surface area contributed by atoms with Crippen molar-refractivity contribution < 1.29 is 14.3 Å². The Hall–Kier alpha value is -2.95. The van der Waals surface area contributed by atoms with E-state index in [-0.39, 0.29) is 6.04 Å². The number of unbranched alkanes of at least 4 members (excludes halogenated alkanes) is 2. The van der Waals surface area contributed by atoms with Crippen molar-refractivity contribution >= 4 is 30.3 Å². The highest BCUT2D eigenvalue weighted by Gasteiger charge is 2.66. The summed E-state index contributed by atoms with van der Waals surface area (Å²) in [5.41, 5.74) is 0.541. The molecule has 0 bridgehead atoms. The minimum Gasteiger partial charge on any atom is -0.491 e. The Balaban J connectivity index is 1.70. The fourth-order valence-electron chi connectivity index (χ4n) is 4.17. The van der Waals surface area contributed by atoms with Gasteiger partial charge in [0.2, 0.25) is 0 Å². The van der Waals surface area contributed by atoms with E-state index in [0.717, 1.165) is 53.5 Å². The highest BCUT2D eigenvalue weighted by atomic mass is 16.5. The minimum atomic E-state index is -1.26. The average Bonchev–Trinajstić information content (AvgIpc) is 3.46. The Labute approximate surface area is 191 Å². The van der Waals surface area contributed by atoms with Crippen LogP contribution in [0.4, 0.5) is 5.69 Å². The summed E-state index contributed by atoms with van der Waals surface area (Å²) in [6.45, 7) is 5.20. The lowest BCUT2D eigenvalue weighted by Crippen LogP contribution is -2.33. The second kappa shape index (κ2) is 9.68. The molecule has 32 heavy (non-hydrogen) atoms. The van der Waals surface area contributed by atoms with Crippen LogP contribution in [0, 0.1) is 0 Å². The lowest BCUT2D eigenvalue weighted by atomic mass is 9.80. The molecule has 4 nitrogen and oxygen atoms in total. The van der Waals surface area contributed by atoms with Crippen molar-refractivity contribution in [3.63, 3.8) is 0 Å². The molecule has 2 atom stereocenters. The van der Waals surface area contributed by atoms with Crippen molar-refractivity contribution in [2.75, 3.05) is 18.1 Å². The Morgan fingerprint density at radius 1 is 0.938 bits per heavy atom. The Morgan fingerprint density at radius 2 is 1.62 bits per heavy atom. The second-order valence-corrected chi connectivity index (χ2v) is 8.36. The predicted molar refractivity (Wildman–Crippen MR) is 130 cm³/mol. The van der Waals surface area contributed by atoms with Gasteiger partial charge in [-0.25, -0.2) is 0 Å². The van der Waals surface area contributed by atoms with Crippen LogP contribution in [0.3, 0.4) is 0 Å². The van der Waals surface area contributed by atoms with E-state index in [4.69, 9.17) is 17.3 Å². The molecule has 3 aromatic rings. The van der Waals surface area contributed by atoms with Gasteiger partial charge in [-0.1, -0.05) is 75.2 Å². The molecule has 1 aliphatic heterocycles. The SMILES string of the molecule is [B][C@]1(C(=O)OCCCC)[C@@H](c2ccc3ccccc3c2)N1c1ccccc1OCCCC. The van der Waals surface area contributed by atoms with Gasteiger partial charge < -0.3 is 14.4 Å². The molecule has 0 N–H and O–H groups in total. The molecule has 0 aromatic heterocycles. The number of para-hydroxylation sites is 2. The standard InChI is InChI=1S/C27H30BNO3/c1-3-5-17-31-24-14-10-9-13-23(24)29-25(27(29,28)26(30)32-18-6-4-2)22-16-15-20-11-7-8-12-21(20)19-22/h7-16,19,25H,3-6,17-18H2,1-2H3/t25-,27-,29?/m1/s1. The first-order chi connectivity index (χ1) is 15.6. The molecule has 2 radical (unpaired) electrons. The molecule has 164 valence electrons. The van der Waals surface area contributed by atoms with Crippen LogP contribution in [0.5, 0.6) is 5.75 Å². The van der Waals surface area contributed by atoms with Gasteiger partial charge in [-0.2, -0.15) is 0 Å². The first kappa shape index (κ1) is 22.3. The number of benzene rings is 3. The lowest BCUT2D eigenvalue weighted by molar-refractivity contribution is -0.144. The Kier molecular flexibility index (Phi) is 6.73. The Bertz CT molecular complexity index is 1090. The van der Waals surface area contributed by atoms with Gasteiger partial charge >= 0.3 is 5.97 Å². The molecular formula is C27H30BNO3. The zero-order valence-electron chi connectivity index (χ0n) is 18.9. The van der Waals surface area contributed by atoms with E-state index in [1.807, 2.05) is 41.3 Å². The molecule has 4 rings (SSSR count). The van der Waals surface area contributed by atoms with Crippen molar-refractivity contribution in [3.05, 3.63) is 72.3 Å². The highest BCUT2D eigenvalue weighted by molar-refractivity contribution is 6.34. The van der Waals surface area contributed by atoms with Crippen LogP contribution in [0.1, 0.15) is 51.1 Å². The molecule has 1 heterocycles. The van der Waals surface area contributed by atoms with Gasteiger partial charge in [0.15, 0.2) is 0 Å². The van der Waals surface area contributed by atoms with Gasteiger partial charge in [0.1, 0.15) is 19.0 Å². The fourth-order valence-corrected chi connectivity index (χ4v) is 4.17. The molecule has 0 saturated carbocycles. The number of nitrogens with zero attached hydrogens (tertiary/aromatic N) is 1. The Morgan fingerprint density at radius 3 is 2.41 bits per heavy atom. The number of anilines is 1. The van der Waals surface area contributed by atoms with Crippen molar-refractivity contribution in [3.8, 4) is 5.75 Å². The largest absolute Gasteiger partial charge is 0.491 e. The molecule has 0 amide bonds. The number of esters is 1. The van der Waals surface area contributed by atoms with Gasteiger partial charge in [0, 0.05) is 0 Å². The predicted octanol–water partition coefficient (Wildman–Crippen LogP) is 5.79. The van der Waals surface area contributed by atoms with E-state index in [9.17, 15) is 4.79 Å². The van der Waals surface area contributed by atoms with Crippen molar-refractivity contribution in [1.82, 2.24) is 0 Å². The summed E-state index contributed by atoms with van der Waals surface area (Å²) < 4.78 is 11.6. The highest BCUT2D eigenvalue weighted by Crippen LogP contribution is 2.57. The monoisotopic (exact) mass is 427 g/mol. The number of hydrogen-bond donors (Lipinski definition) is 0. The zero-order valence-corrected chi connectivity index (χ0v) is 18.9. The number of hydrogen-bond acceptors (Lipinski definition) is 4. The second-order valence-electron chi connectivity index (χ2n) is 8.36. The summed E-state index contributed by atoms with van der Waals surface area (Å²) in [5, 5.41) is 2.27. The molecular weight excluding hydrogens is 397 g/mol. The van der Waals surface area contributed by atoms with Crippen LogP contribution in [0.25, 0.3) is 10.8 Å². The number of carbonyl (C=O) groups excluding carboxylic acids is 1. The molecule has 0 aliphatic carbocycles. The van der Waals surface area contributed by atoms with Gasteiger partial charge in [-0.15, -0.1) is 0 Å². The number of rotatable bonds is 10. The molecule has 3 aromatic carbocycles. The number of carbonyl (C=O) groups is 1. The molecule has 0 spiro atoms. The van der Waals surface area contributed by atoms with Crippen molar-refractivity contribution in [1.29, 1.82) is 0 Å². The lowest BCUT2D eigenvalue weighted by Gasteiger charge is -2.17. The quantitative estimate of drug-likeness (QED) is 0.178. The average molecular weight is 427 g/mol. The van der Waals surface area contributed by atoms with Gasteiger partial charge in [0.05, 0.1) is 24.9 Å². The van der Waals surface area contributed by atoms with E-state index in [1.54, 1.807) is 0 Å². The van der Waals surface area contributed by atoms with E-state index in [0.29, 0.717) is 13.2 Å². The third kappa shape index (κ3) is 4.21. The van der Waals surface area contributed by atoms with E-state index >= 15 is 0 Å². The van der Waals surface area contributed by atoms with Gasteiger partial charge in [-0.3, -0.25) is 4.79 Å². The van der Waals surface area contributed by atoms with E-state index < -0.39 is 11.4 Å². The first-order valence-electron chi connectivity index (χ1n) is 11.6. The van der Waals surface area contributed by atoms with Crippen LogP contribution in [0.2, 0.25) is 0 Å². The summed E-state index contributed by atoms with van der Waals surface area (Å²) in [6, 6.07) is 21.9. The van der Waals surface area contributed by atoms with Crippen LogP contribution in [-0.4, -0.2) is 32.5 Å². The van der Waals surface area contributed by atoms with Gasteiger partial charge in [0.25, 0.3) is 0 Å². The van der Waals surface area contributed by atoms with Crippen molar-refractivity contribution in [2.24, 2.45) is 0 Å². The topological polar surface area (TPSA) is 38.5 Å². The summed E-state index contributed by atoms with van der Waals surface area (Å²) in [6.07, 6.45) is 3.79. The third-order valence-corrected chi connectivity index (χ3v) is 6.03. The number of ether oxygens (including phenoxy) is 2. The van der Waals surface area contributed by atoms with Gasteiger partial charge in [-0.05, 0) is 47.4 Å². The summed E-state index contributed by atoms with van der Waals surface area (Å²) in [4.78, 5) is 15.1. The first-order valence-corrected chi connectivity index (χ1v) is 11.6. The van der Waals surface area contributed by atoms with Crippen LogP contribution in [0.15, 0.2) is 66.7 Å². The maximum Gasteiger partial charge on any atom is 0.324 e. The normalized spacial score (nSPS) is 19.7. The summed E-state index contributed by atoms with van der Waals surface area (Å²) >= 11 is 0. The maximum atomic E-state index is 13.2. The number of fused-ring (bicyclic) bond motifs is 1. The van der Waals surface area contributed by atoms with Crippen molar-refractivity contribution in [2.45, 2.75) is 51.0 Å². The minimum absolute atomic E-state index is 0.322.